The molecule has 3 rings (SSSR count). The van der Waals surface area contributed by atoms with Crippen LogP contribution in [0.1, 0.15) is 58.9 Å². The van der Waals surface area contributed by atoms with E-state index in [0.717, 1.165) is 18.4 Å². The normalized spacial score (nSPS) is 19.4. The van der Waals surface area contributed by atoms with Crippen LogP contribution in [0.4, 0.5) is 0 Å². The Hall–Kier alpha value is -2.42. The number of carbonyl (C=O) groups excluding carboxylic acids is 1. The van der Waals surface area contributed by atoms with E-state index in [9.17, 15) is 13.2 Å². The number of sulfonamides is 1. The van der Waals surface area contributed by atoms with Crippen molar-refractivity contribution in [3.05, 3.63) is 60.2 Å². The number of benzene rings is 2. The molecule has 198 valence electrons. The standard InChI is InChI=1S/C28H39NO6S/c1-5-33-23-15-17-25(18-16-23)36(31,32)29-26(27(30)34-19-21-9-7-6-8-10-21)22-11-13-24(14-12-22)35-20-28(2,3)4/h6-10,15-18,22,24,26,29H,5,11-14,19-20H2,1-4H3. The zero-order valence-corrected chi connectivity index (χ0v) is 22.6. The lowest BCUT2D eigenvalue weighted by Crippen LogP contribution is -2.48. The molecular weight excluding hydrogens is 478 g/mol. The van der Waals surface area contributed by atoms with Crippen molar-refractivity contribution in [1.82, 2.24) is 4.72 Å². The Morgan fingerprint density at radius 3 is 2.22 bits per heavy atom. The van der Waals surface area contributed by atoms with E-state index in [0.29, 0.717) is 31.8 Å². The molecule has 0 aromatic heterocycles. The summed E-state index contributed by atoms with van der Waals surface area (Å²) in [6.07, 6.45) is 3.00. The second kappa shape index (κ2) is 12.7. The van der Waals surface area contributed by atoms with Gasteiger partial charge >= 0.3 is 5.97 Å². The van der Waals surface area contributed by atoms with Gasteiger partial charge < -0.3 is 14.2 Å². The van der Waals surface area contributed by atoms with E-state index in [1.165, 1.54) is 12.1 Å². The van der Waals surface area contributed by atoms with Gasteiger partial charge in [0.15, 0.2) is 0 Å². The predicted molar refractivity (Wildman–Crippen MR) is 139 cm³/mol. The van der Waals surface area contributed by atoms with Crippen LogP contribution in [0.3, 0.4) is 0 Å². The molecule has 0 bridgehead atoms. The summed E-state index contributed by atoms with van der Waals surface area (Å²) < 4.78 is 46.2. The van der Waals surface area contributed by atoms with Gasteiger partial charge in [-0.25, -0.2) is 8.42 Å². The fourth-order valence-corrected chi connectivity index (χ4v) is 5.48. The third kappa shape index (κ3) is 8.61. The monoisotopic (exact) mass is 517 g/mol. The molecule has 0 heterocycles. The van der Waals surface area contributed by atoms with Crippen LogP contribution in [0.5, 0.6) is 5.75 Å². The van der Waals surface area contributed by atoms with Crippen molar-refractivity contribution in [3.8, 4) is 5.75 Å². The maximum Gasteiger partial charge on any atom is 0.324 e. The summed E-state index contributed by atoms with van der Waals surface area (Å²) in [6.45, 7) is 9.50. The highest BCUT2D eigenvalue weighted by Crippen LogP contribution is 2.31. The number of hydrogen-bond acceptors (Lipinski definition) is 6. The number of hydrogen-bond donors (Lipinski definition) is 1. The molecular formula is C28H39NO6S. The highest BCUT2D eigenvalue weighted by Gasteiger charge is 2.37. The van der Waals surface area contributed by atoms with E-state index in [2.05, 4.69) is 25.5 Å². The van der Waals surface area contributed by atoms with Crippen molar-refractivity contribution in [3.63, 3.8) is 0 Å². The topological polar surface area (TPSA) is 90.9 Å². The molecule has 1 aliphatic carbocycles. The number of rotatable bonds is 11. The highest BCUT2D eigenvalue weighted by molar-refractivity contribution is 7.89. The summed E-state index contributed by atoms with van der Waals surface area (Å²) in [5.74, 6) is -0.156. The van der Waals surface area contributed by atoms with Crippen molar-refractivity contribution in [2.45, 2.75) is 77.0 Å². The number of ether oxygens (including phenoxy) is 3. The molecule has 0 spiro atoms. The van der Waals surface area contributed by atoms with Gasteiger partial charge in [-0.3, -0.25) is 4.79 Å². The maximum atomic E-state index is 13.2. The summed E-state index contributed by atoms with van der Waals surface area (Å²) >= 11 is 0. The van der Waals surface area contributed by atoms with Gasteiger partial charge in [0.2, 0.25) is 10.0 Å². The molecule has 2 aromatic rings. The average molecular weight is 518 g/mol. The molecule has 0 radical (unpaired) electrons. The van der Waals surface area contributed by atoms with Crippen molar-refractivity contribution < 1.29 is 27.4 Å². The molecule has 8 heteroatoms. The second-order valence-electron chi connectivity index (χ2n) is 10.5. The Kier molecular flexibility index (Phi) is 9.93. The molecule has 1 atom stereocenters. The van der Waals surface area contributed by atoms with Crippen LogP contribution in [0.25, 0.3) is 0 Å². The first-order chi connectivity index (χ1) is 17.1. The molecule has 36 heavy (non-hydrogen) atoms. The SMILES string of the molecule is CCOc1ccc(S(=O)(=O)NC(C(=O)OCc2ccccc2)C2CCC(OCC(C)(C)C)CC2)cc1. The fourth-order valence-electron chi connectivity index (χ4n) is 4.23. The van der Waals surface area contributed by atoms with Gasteiger partial charge in [-0.1, -0.05) is 51.1 Å². The van der Waals surface area contributed by atoms with Gasteiger partial charge in [0, 0.05) is 0 Å². The first kappa shape index (κ1) is 28.2. The Morgan fingerprint density at radius 1 is 1.00 bits per heavy atom. The summed E-state index contributed by atoms with van der Waals surface area (Å²) in [5, 5.41) is 0. The Labute approximate surface area is 215 Å². The van der Waals surface area contributed by atoms with Crippen molar-refractivity contribution in [2.75, 3.05) is 13.2 Å². The second-order valence-corrected chi connectivity index (χ2v) is 12.2. The van der Waals surface area contributed by atoms with Crippen LogP contribution in [0.15, 0.2) is 59.5 Å². The van der Waals surface area contributed by atoms with Gasteiger partial charge in [0.05, 0.1) is 24.2 Å². The lowest BCUT2D eigenvalue weighted by atomic mass is 9.82. The largest absolute Gasteiger partial charge is 0.494 e. The summed E-state index contributed by atoms with van der Waals surface area (Å²) in [6, 6.07) is 14.6. The van der Waals surface area contributed by atoms with Crippen molar-refractivity contribution in [2.24, 2.45) is 11.3 Å². The van der Waals surface area contributed by atoms with E-state index < -0.39 is 22.0 Å². The molecule has 1 N–H and O–H groups in total. The third-order valence-corrected chi connectivity index (χ3v) is 7.60. The zero-order valence-electron chi connectivity index (χ0n) is 21.7. The molecule has 0 amide bonds. The third-order valence-electron chi connectivity index (χ3n) is 6.15. The molecule has 1 aliphatic rings. The Balaban J connectivity index is 1.71. The first-order valence-electron chi connectivity index (χ1n) is 12.6. The molecule has 2 aromatic carbocycles. The minimum Gasteiger partial charge on any atom is -0.494 e. The van der Waals surface area contributed by atoms with Gasteiger partial charge in [0.25, 0.3) is 0 Å². The minimum atomic E-state index is -3.95. The van der Waals surface area contributed by atoms with Crippen LogP contribution < -0.4 is 9.46 Å². The lowest BCUT2D eigenvalue weighted by molar-refractivity contribution is -0.149. The van der Waals surface area contributed by atoms with Crippen LogP contribution >= 0.6 is 0 Å². The quantitative estimate of drug-likeness (QED) is 0.417. The Bertz CT molecular complexity index is 1060. The van der Waals surface area contributed by atoms with Crippen LogP contribution in [-0.4, -0.2) is 39.7 Å². The summed E-state index contributed by atoms with van der Waals surface area (Å²) in [7, 11) is -3.95. The molecule has 0 aliphatic heterocycles. The molecule has 1 saturated carbocycles. The molecule has 1 fully saturated rings. The number of esters is 1. The fraction of sp³-hybridized carbons (Fsp3) is 0.536. The zero-order chi connectivity index (χ0) is 26.2. The Morgan fingerprint density at radius 2 is 1.64 bits per heavy atom. The number of nitrogens with one attached hydrogen (secondary N) is 1. The van der Waals surface area contributed by atoms with E-state index in [4.69, 9.17) is 14.2 Å². The summed E-state index contributed by atoms with van der Waals surface area (Å²) in [5.41, 5.74) is 0.923. The van der Waals surface area contributed by atoms with Crippen molar-refractivity contribution >= 4 is 16.0 Å². The minimum absolute atomic E-state index is 0.0774. The lowest BCUT2D eigenvalue weighted by Gasteiger charge is -2.34. The molecule has 7 nitrogen and oxygen atoms in total. The van der Waals surface area contributed by atoms with Crippen LogP contribution in [0, 0.1) is 11.3 Å². The average Bonchev–Trinajstić information content (AvgIpc) is 2.86. The van der Waals surface area contributed by atoms with E-state index >= 15 is 0 Å². The van der Waals surface area contributed by atoms with Crippen LogP contribution in [0.2, 0.25) is 0 Å². The van der Waals surface area contributed by atoms with Crippen molar-refractivity contribution in [1.29, 1.82) is 0 Å². The van der Waals surface area contributed by atoms with E-state index in [1.807, 2.05) is 37.3 Å². The van der Waals surface area contributed by atoms with Gasteiger partial charge in [0.1, 0.15) is 18.4 Å². The maximum absolute atomic E-state index is 13.2. The van der Waals surface area contributed by atoms with Gasteiger partial charge in [-0.05, 0) is 73.8 Å². The summed E-state index contributed by atoms with van der Waals surface area (Å²) in [4.78, 5) is 13.3. The molecule has 1 unspecified atom stereocenters. The van der Waals surface area contributed by atoms with Gasteiger partial charge in [-0.2, -0.15) is 4.72 Å². The first-order valence-corrected chi connectivity index (χ1v) is 14.1. The van der Waals surface area contributed by atoms with Crippen LogP contribution in [-0.2, 0) is 30.9 Å². The highest BCUT2D eigenvalue weighted by atomic mass is 32.2. The predicted octanol–water partition coefficient (Wildman–Crippen LogP) is 5.10. The van der Waals surface area contributed by atoms with E-state index in [-0.39, 0.29) is 28.9 Å². The number of carbonyl (C=O) groups is 1. The smallest absolute Gasteiger partial charge is 0.324 e. The van der Waals surface area contributed by atoms with E-state index in [1.54, 1.807) is 12.1 Å². The molecule has 0 saturated heterocycles. The van der Waals surface area contributed by atoms with Gasteiger partial charge in [-0.15, -0.1) is 0 Å².